The average molecular weight is 451 g/mol. The van der Waals surface area contributed by atoms with Gasteiger partial charge in [-0.1, -0.05) is 32.9 Å². The number of benzene rings is 1. The number of nitrogens with zero attached hydrogens (tertiary/aromatic N) is 2. The van der Waals surface area contributed by atoms with Crippen LogP contribution < -0.4 is 10.6 Å². The number of carbonyl (C=O) groups excluding carboxylic acids is 2. The molecule has 3 rings (SSSR count). The van der Waals surface area contributed by atoms with Crippen molar-refractivity contribution in [3.63, 3.8) is 0 Å². The topological polar surface area (TPSA) is 104 Å². The summed E-state index contributed by atoms with van der Waals surface area (Å²) in [5.74, 6) is 0.137. The molecular formula is C24H26N4O3S. The van der Waals surface area contributed by atoms with Crippen LogP contribution in [-0.4, -0.2) is 33.5 Å². The fourth-order valence-corrected chi connectivity index (χ4v) is 3.83. The smallest absolute Gasteiger partial charge is 0.258 e. The Labute approximate surface area is 191 Å². The Morgan fingerprint density at radius 2 is 1.75 bits per heavy atom. The van der Waals surface area contributed by atoms with E-state index in [4.69, 9.17) is 5.11 Å². The molecule has 0 saturated carbocycles. The van der Waals surface area contributed by atoms with Gasteiger partial charge in [0.2, 0.25) is 0 Å². The molecular weight excluding hydrogens is 424 g/mol. The molecule has 0 saturated heterocycles. The van der Waals surface area contributed by atoms with Gasteiger partial charge >= 0.3 is 0 Å². The van der Waals surface area contributed by atoms with E-state index in [0.29, 0.717) is 22.2 Å². The van der Waals surface area contributed by atoms with Crippen molar-refractivity contribution in [1.29, 1.82) is 0 Å². The Balaban J connectivity index is 1.69. The van der Waals surface area contributed by atoms with Crippen molar-refractivity contribution in [2.75, 3.05) is 17.2 Å². The van der Waals surface area contributed by atoms with Gasteiger partial charge in [0.1, 0.15) is 17.5 Å². The molecule has 0 spiro atoms. The molecule has 8 heteroatoms. The number of nitrogens with one attached hydrogen (secondary N) is 2. The standard InChI is InChI=1S/C24H26N4O3S/c1-24(2,3)17-6-8-18(9-7-17)27-22(31)19-5-4-11-26-23(19)32-15-16-10-12-25-20(13-16)28-21(30)14-29/h4-13,29H,14-15H2,1-3H3,(H,27,31)(H,25,28,30). The van der Waals surface area contributed by atoms with Crippen LogP contribution in [0.1, 0.15) is 42.3 Å². The molecule has 0 unspecified atom stereocenters. The highest BCUT2D eigenvalue weighted by atomic mass is 32.2. The summed E-state index contributed by atoms with van der Waals surface area (Å²) in [7, 11) is 0. The molecule has 0 bridgehead atoms. The fraction of sp³-hybridized carbons (Fsp3) is 0.250. The van der Waals surface area contributed by atoms with E-state index in [1.807, 2.05) is 30.3 Å². The van der Waals surface area contributed by atoms with E-state index in [-0.39, 0.29) is 11.3 Å². The third kappa shape index (κ3) is 6.38. The Morgan fingerprint density at radius 1 is 1.00 bits per heavy atom. The van der Waals surface area contributed by atoms with Gasteiger partial charge in [-0.15, -0.1) is 11.8 Å². The van der Waals surface area contributed by atoms with E-state index in [1.165, 1.54) is 17.3 Å². The minimum atomic E-state index is -0.605. The van der Waals surface area contributed by atoms with Gasteiger partial charge in [-0.25, -0.2) is 9.97 Å². The molecule has 3 aromatic rings. The van der Waals surface area contributed by atoms with Crippen molar-refractivity contribution in [2.24, 2.45) is 0 Å². The highest BCUT2D eigenvalue weighted by molar-refractivity contribution is 7.98. The highest BCUT2D eigenvalue weighted by Gasteiger charge is 2.16. The first-order chi connectivity index (χ1) is 15.3. The number of rotatable bonds is 7. The van der Waals surface area contributed by atoms with E-state index in [1.54, 1.807) is 30.6 Å². The molecule has 1 aromatic carbocycles. The summed E-state index contributed by atoms with van der Waals surface area (Å²) in [6.07, 6.45) is 3.23. The van der Waals surface area contributed by atoms with Crippen molar-refractivity contribution in [1.82, 2.24) is 9.97 Å². The van der Waals surface area contributed by atoms with Gasteiger partial charge in [0, 0.05) is 23.8 Å². The Bertz CT molecular complexity index is 1090. The molecule has 166 valence electrons. The highest BCUT2D eigenvalue weighted by Crippen LogP contribution is 2.27. The largest absolute Gasteiger partial charge is 0.387 e. The van der Waals surface area contributed by atoms with E-state index in [0.717, 1.165) is 11.3 Å². The molecule has 0 aliphatic heterocycles. The summed E-state index contributed by atoms with van der Waals surface area (Å²) >= 11 is 1.42. The minimum absolute atomic E-state index is 0.0451. The zero-order valence-corrected chi connectivity index (χ0v) is 19.1. The number of aliphatic hydroxyl groups is 1. The van der Waals surface area contributed by atoms with Crippen LogP contribution in [0.15, 0.2) is 66.0 Å². The first kappa shape index (κ1) is 23.4. The van der Waals surface area contributed by atoms with Crippen molar-refractivity contribution >= 4 is 35.1 Å². The van der Waals surface area contributed by atoms with Crippen LogP contribution in [0.25, 0.3) is 0 Å². The first-order valence-corrected chi connectivity index (χ1v) is 11.1. The zero-order valence-electron chi connectivity index (χ0n) is 18.3. The summed E-state index contributed by atoms with van der Waals surface area (Å²) in [6.45, 7) is 5.83. The number of aliphatic hydroxyl groups excluding tert-OH is 1. The third-order valence-electron chi connectivity index (χ3n) is 4.64. The monoisotopic (exact) mass is 450 g/mol. The number of amides is 2. The summed E-state index contributed by atoms with van der Waals surface area (Å²) in [5, 5.41) is 14.9. The predicted octanol–water partition coefficient (Wildman–Crippen LogP) is 4.25. The van der Waals surface area contributed by atoms with Crippen LogP contribution in [0.5, 0.6) is 0 Å². The normalized spacial score (nSPS) is 11.1. The SMILES string of the molecule is CC(C)(C)c1ccc(NC(=O)c2cccnc2SCc2ccnc(NC(=O)CO)c2)cc1. The van der Waals surface area contributed by atoms with Crippen LogP contribution >= 0.6 is 11.8 Å². The number of carbonyl (C=O) groups is 2. The van der Waals surface area contributed by atoms with E-state index in [9.17, 15) is 9.59 Å². The number of aromatic nitrogens is 2. The van der Waals surface area contributed by atoms with Crippen LogP contribution in [0.2, 0.25) is 0 Å². The van der Waals surface area contributed by atoms with Crippen molar-refractivity contribution < 1.29 is 14.7 Å². The van der Waals surface area contributed by atoms with Crippen molar-refractivity contribution in [3.8, 4) is 0 Å². The van der Waals surface area contributed by atoms with Gasteiger partial charge in [0.15, 0.2) is 0 Å². The number of pyridine rings is 2. The lowest BCUT2D eigenvalue weighted by Gasteiger charge is -2.19. The van der Waals surface area contributed by atoms with Crippen molar-refractivity contribution in [3.05, 3.63) is 77.6 Å². The quantitative estimate of drug-likeness (QED) is 0.465. The summed E-state index contributed by atoms with van der Waals surface area (Å²) in [6, 6.07) is 14.9. The maximum atomic E-state index is 12.9. The number of thioether (sulfide) groups is 1. The molecule has 2 heterocycles. The van der Waals surface area contributed by atoms with Crippen LogP contribution in [0, 0.1) is 0 Å². The molecule has 0 atom stereocenters. The molecule has 2 amide bonds. The summed E-state index contributed by atoms with van der Waals surface area (Å²) in [4.78, 5) is 32.7. The predicted molar refractivity (Wildman–Crippen MR) is 127 cm³/mol. The van der Waals surface area contributed by atoms with Gasteiger partial charge in [-0.3, -0.25) is 9.59 Å². The maximum absolute atomic E-state index is 12.9. The number of hydrogen-bond donors (Lipinski definition) is 3. The maximum Gasteiger partial charge on any atom is 0.258 e. The van der Waals surface area contributed by atoms with Crippen LogP contribution in [0.3, 0.4) is 0 Å². The van der Waals surface area contributed by atoms with E-state index in [2.05, 4.69) is 41.4 Å². The second kappa shape index (κ2) is 10.4. The Hall–Kier alpha value is -3.23. The molecule has 0 radical (unpaired) electrons. The Kier molecular flexibility index (Phi) is 7.61. The van der Waals surface area contributed by atoms with E-state index < -0.39 is 12.5 Å². The second-order valence-corrected chi connectivity index (χ2v) is 9.15. The lowest BCUT2D eigenvalue weighted by Crippen LogP contribution is -2.16. The second-order valence-electron chi connectivity index (χ2n) is 8.18. The molecule has 0 aliphatic rings. The molecule has 32 heavy (non-hydrogen) atoms. The Morgan fingerprint density at radius 3 is 2.44 bits per heavy atom. The van der Waals surface area contributed by atoms with Crippen LogP contribution in [0.4, 0.5) is 11.5 Å². The zero-order chi connectivity index (χ0) is 23.1. The number of hydrogen-bond acceptors (Lipinski definition) is 6. The average Bonchev–Trinajstić information content (AvgIpc) is 2.78. The van der Waals surface area contributed by atoms with Gasteiger partial charge in [-0.05, 0) is 52.9 Å². The first-order valence-electron chi connectivity index (χ1n) is 10.1. The lowest BCUT2D eigenvalue weighted by molar-refractivity contribution is -0.118. The lowest BCUT2D eigenvalue weighted by atomic mass is 9.87. The molecule has 0 aliphatic carbocycles. The molecule has 3 N–H and O–H groups in total. The summed E-state index contributed by atoms with van der Waals surface area (Å²) in [5.41, 5.74) is 3.35. The van der Waals surface area contributed by atoms with Gasteiger partial charge in [0.05, 0.1) is 5.56 Å². The van der Waals surface area contributed by atoms with Gasteiger partial charge < -0.3 is 15.7 Å². The molecule has 0 fully saturated rings. The minimum Gasteiger partial charge on any atom is -0.387 e. The van der Waals surface area contributed by atoms with Crippen LogP contribution in [-0.2, 0) is 16.0 Å². The van der Waals surface area contributed by atoms with Crippen molar-refractivity contribution in [2.45, 2.75) is 37.0 Å². The third-order valence-corrected chi connectivity index (χ3v) is 5.71. The summed E-state index contributed by atoms with van der Waals surface area (Å²) < 4.78 is 0. The van der Waals surface area contributed by atoms with Gasteiger partial charge in [0.25, 0.3) is 11.8 Å². The fourth-order valence-electron chi connectivity index (χ4n) is 2.90. The number of anilines is 2. The van der Waals surface area contributed by atoms with Gasteiger partial charge in [-0.2, -0.15) is 0 Å². The molecule has 7 nitrogen and oxygen atoms in total. The van der Waals surface area contributed by atoms with E-state index >= 15 is 0 Å². The molecule has 2 aromatic heterocycles.